The molecular weight excluding hydrogens is 732 g/mol. The van der Waals surface area contributed by atoms with Gasteiger partial charge in [-0.05, 0) is 32.1 Å². The zero-order valence-corrected chi connectivity index (χ0v) is 39.2. The first-order chi connectivity index (χ1) is 27.5. The lowest BCUT2D eigenvalue weighted by atomic mass is 10.0. The van der Waals surface area contributed by atoms with E-state index in [1.54, 1.807) is 6.08 Å². The van der Waals surface area contributed by atoms with Gasteiger partial charge < -0.3 is 28.8 Å². The van der Waals surface area contributed by atoms with Gasteiger partial charge in [0.05, 0.1) is 39.9 Å². The molecule has 0 aliphatic rings. The second kappa shape index (κ2) is 40.4. The van der Waals surface area contributed by atoms with Gasteiger partial charge in [-0.3, -0.25) is 9.36 Å². The molecule has 0 aliphatic carbocycles. The van der Waals surface area contributed by atoms with Crippen LogP contribution in [0.15, 0.2) is 24.3 Å². The molecule has 0 aromatic heterocycles. The minimum atomic E-state index is -4.58. The van der Waals surface area contributed by atoms with Crippen LogP contribution in [-0.4, -0.2) is 68.5 Å². The molecule has 0 radical (unpaired) electrons. The smallest absolute Gasteiger partial charge is 0.268 e. The summed E-state index contributed by atoms with van der Waals surface area (Å²) < 4.78 is 23.1. The summed E-state index contributed by atoms with van der Waals surface area (Å²) in [5, 5.41) is 13.7. The quantitative estimate of drug-likeness (QED) is 0.0274. The van der Waals surface area contributed by atoms with Crippen LogP contribution >= 0.6 is 7.82 Å². The number of phosphoric acid groups is 1. The van der Waals surface area contributed by atoms with Gasteiger partial charge in [0, 0.05) is 6.42 Å². The van der Waals surface area contributed by atoms with Crippen LogP contribution < -0.4 is 10.2 Å². The van der Waals surface area contributed by atoms with Crippen LogP contribution in [0.25, 0.3) is 0 Å². The molecular formula is C48H95N2O6P. The monoisotopic (exact) mass is 827 g/mol. The van der Waals surface area contributed by atoms with Crippen LogP contribution in [0.5, 0.6) is 0 Å². The summed E-state index contributed by atoms with van der Waals surface area (Å²) in [4.78, 5) is 25.0. The van der Waals surface area contributed by atoms with Crippen LogP contribution in [0.3, 0.4) is 0 Å². The fourth-order valence-electron chi connectivity index (χ4n) is 7.05. The van der Waals surface area contributed by atoms with Crippen molar-refractivity contribution >= 4 is 13.7 Å². The van der Waals surface area contributed by atoms with Gasteiger partial charge in [-0.2, -0.15) is 0 Å². The van der Waals surface area contributed by atoms with Crippen molar-refractivity contribution in [3.05, 3.63) is 24.3 Å². The highest BCUT2D eigenvalue weighted by Gasteiger charge is 2.23. The Morgan fingerprint density at radius 3 is 1.42 bits per heavy atom. The Hall–Kier alpha value is -1.02. The third-order valence-corrected chi connectivity index (χ3v) is 11.9. The van der Waals surface area contributed by atoms with E-state index in [1.165, 1.54) is 167 Å². The van der Waals surface area contributed by atoms with Crippen molar-refractivity contribution in [2.24, 2.45) is 0 Å². The number of hydrogen-bond acceptors (Lipinski definition) is 6. The summed E-state index contributed by atoms with van der Waals surface area (Å²) in [5.74, 6) is -0.216. The molecule has 57 heavy (non-hydrogen) atoms. The van der Waals surface area contributed by atoms with E-state index in [4.69, 9.17) is 9.05 Å². The first-order valence-corrected chi connectivity index (χ1v) is 25.7. The first-order valence-electron chi connectivity index (χ1n) is 24.2. The number of quaternary nitrogens is 1. The van der Waals surface area contributed by atoms with Crippen LogP contribution in [0.2, 0.25) is 0 Å². The molecule has 0 spiro atoms. The van der Waals surface area contributed by atoms with Crippen molar-refractivity contribution in [3.8, 4) is 0 Å². The lowest BCUT2D eigenvalue weighted by Gasteiger charge is -2.29. The minimum absolute atomic E-state index is 0.00500. The largest absolute Gasteiger partial charge is 0.756 e. The van der Waals surface area contributed by atoms with E-state index in [0.717, 1.165) is 38.5 Å². The number of nitrogens with one attached hydrogen (secondary N) is 1. The van der Waals surface area contributed by atoms with Crippen molar-refractivity contribution in [1.82, 2.24) is 5.32 Å². The van der Waals surface area contributed by atoms with E-state index in [1.807, 2.05) is 27.2 Å². The maximum atomic E-state index is 12.7. The molecule has 0 aliphatic heterocycles. The number of aliphatic hydroxyl groups is 1. The molecule has 0 saturated heterocycles. The number of phosphoric ester groups is 1. The fraction of sp³-hybridized carbons (Fsp3) is 0.896. The number of aliphatic hydroxyl groups excluding tert-OH is 1. The highest BCUT2D eigenvalue weighted by molar-refractivity contribution is 7.45. The molecule has 0 saturated carbocycles. The van der Waals surface area contributed by atoms with E-state index in [9.17, 15) is 19.4 Å². The van der Waals surface area contributed by atoms with Gasteiger partial charge in [0.2, 0.25) is 5.91 Å². The summed E-state index contributed by atoms with van der Waals surface area (Å²) >= 11 is 0. The standard InChI is InChI=1S/C48H95N2O6P/c1-6-8-10-12-14-15-16-17-18-19-20-21-22-23-24-25-26-27-28-29-30-31-32-33-34-35-36-37-39-41-47(51)46(49-48(52)42-40-38-13-11-9-7-2)45-56-57(53,54)55-44-43-50(3,4)5/h34-35,39,41,46-47,51H,6-33,36-38,40,42-45H2,1-5H3,(H-,49,52,53,54)/b35-34+,41-39+. The molecule has 3 unspecified atom stereocenters. The van der Waals surface area contributed by atoms with Gasteiger partial charge in [0.15, 0.2) is 0 Å². The Bertz CT molecular complexity index is 984. The molecule has 0 fully saturated rings. The van der Waals surface area contributed by atoms with E-state index >= 15 is 0 Å². The van der Waals surface area contributed by atoms with E-state index in [0.29, 0.717) is 17.4 Å². The molecule has 9 heteroatoms. The lowest BCUT2D eigenvalue weighted by Crippen LogP contribution is -2.45. The number of hydrogen-bond donors (Lipinski definition) is 2. The SMILES string of the molecule is CCCCCCCCCCCCCCCCCCCCCCCCC/C=C/CC/C=C/C(O)C(COP(=O)([O-])OCC[N+](C)(C)C)NC(=O)CCCCCCCC. The predicted molar refractivity (Wildman–Crippen MR) is 242 cm³/mol. The second-order valence-electron chi connectivity index (χ2n) is 17.8. The summed E-state index contributed by atoms with van der Waals surface area (Å²) in [6, 6.07) is -0.896. The topological polar surface area (TPSA) is 108 Å². The molecule has 0 heterocycles. The van der Waals surface area contributed by atoms with Gasteiger partial charge in [-0.15, -0.1) is 0 Å². The van der Waals surface area contributed by atoms with E-state index < -0.39 is 26.6 Å². The first kappa shape index (κ1) is 56.0. The predicted octanol–water partition coefficient (Wildman–Crippen LogP) is 13.1. The summed E-state index contributed by atoms with van der Waals surface area (Å²) in [6.45, 7) is 4.56. The maximum Gasteiger partial charge on any atom is 0.268 e. The molecule has 0 bridgehead atoms. The highest BCUT2D eigenvalue weighted by atomic mass is 31.2. The average Bonchev–Trinajstić information content (AvgIpc) is 3.16. The second-order valence-corrected chi connectivity index (χ2v) is 19.2. The normalized spacial score (nSPS) is 14.4. The molecule has 0 aromatic rings. The Balaban J connectivity index is 4.03. The number of nitrogens with zero attached hydrogens (tertiary/aromatic N) is 1. The zero-order chi connectivity index (χ0) is 42.1. The molecule has 0 aromatic carbocycles. The summed E-state index contributed by atoms with van der Waals surface area (Å²) in [6.07, 6.45) is 48.7. The molecule has 0 rings (SSSR count). The van der Waals surface area contributed by atoms with Crippen molar-refractivity contribution in [1.29, 1.82) is 0 Å². The molecule has 8 nitrogen and oxygen atoms in total. The lowest BCUT2D eigenvalue weighted by molar-refractivity contribution is -0.870. The van der Waals surface area contributed by atoms with Crippen molar-refractivity contribution in [2.75, 3.05) is 40.9 Å². The Morgan fingerprint density at radius 2 is 0.982 bits per heavy atom. The van der Waals surface area contributed by atoms with E-state index in [-0.39, 0.29) is 12.5 Å². The molecule has 2 N–H and O–H groups in total. The van der Waals surface area contributed by atoms with Crippen molar-refractivity contribution < 1.29 is 32.9 Å². The Morgan fingerprint density at radius 1 is 0.596 bits per heavy atom. The van der Waals surface area contributed by atoms with Gasteiger partial charge in [0.1, 0.15) is 13.2 Å². The van der Waals surface area contributed by atoms with Crippen LogP contribution in [0.1, 0.15) is 226 Å². The van der Waals surface area contributed by atoms with Crippen LogP contribution in [0.4, 0.5) is 0 Å². The number of carbonyl (C=O) groups is 1. The maximum absolute atomic E-state index is 12.7. The van der Waals surface area contributed by atoms with Gasteiger partial charge in [-0.25, -0.2) is 0 Å². The third kappa shape index (κ3) is 42.9. The number of allylic oxidation sites excluding steroid dienone is 3. The number of carbonyl (C=O) groups excluding carboxylic acids is 1. The fourth-order valence-corrected chi connectivity index (χ4v) is 7.77. The van der Waals surface area contributed by atoms with Crippen molar-refractivity contribution in [3.63, 3.8) is 0 Å². The minimum Gasteiger partial charge on any atom is -0.756 e. The number of rotatable bonds is 44. The van der Waals surface area contributed by atoms with Gasteiger partial charge in [-0.1, -0.05) is 212 Å². The van der Waals surface area contributed by atoms with Crippen LogP contribution in [-0.2, 0) is 18.4 Å². The molecule has 3 atom stereocenters. The molecule has 338 valence electrons. The van der Waals surface area contributed by atoms with Crippen LogP contribution in [0, 0.1) is 0 Å². The average molecular weight is 827 g/mol. The van der Waals surface area contributed by atoms with Crippen molar-refractivity contribution in [2.45, 2.75) is 238 Å². The number of amides is 1. The summed E-state index contributed by atoms with van der Waals surface area (Å²) in [5.41, 5.74) is 0. The summed E-state index contributed by atoms with van der Waals surface area (Å²) in [7, 11) is 1.25. The Labute approximate surface area is 354 Å². The number of unbranched alkanes of at least 4 members (excludes halogenated alkanes) is 29. The highest BCUT2D eigenvalue weighted by Crippen LogP contribution is 2.38. The Kier molecular flexibility index (Phi) is 39.7. The number of likely N-dealkylation sites (N-methyl/N-ethyl adjacent to an activating group) is 1. The van der Waals surface area contributed by atoms with E-state index in [2.05, 4.69) is 31.3 Å². The zero-order valence-electron chi connectivity index (χ0n) is 38.3. The van der Waals surface area contributed by atoms with Gasteiger partial charge >= 0.3 is 0 Å². The third-order valence-electron chi connectivity index (χ3n) is 10.9. The molecule has 1 amide bonds. The van der Waals surface area contributed by atoms with Gasteiger partial charge in [0.25, 0.3) is 7.82 Å².